The van der Waals surface area contributed by atoms with Gasteiger partial charge in [-0.2, -0.15) is 0 Å². The van der Waals surface area contributed by atoms with Gasteiger partial charge >= 0.3 is 47.8 Å². The molecule has 0 aliphatic heterocycles. The minimum absolute atomic E-state index is 0. The Bertz CT molecular complexity index is 445. The summed E-state index contributed by atoms with van der Waals surface area (Å²) < 4.78 is 0. The zero-order valence-electron chi connectivity index (χ0n) is 15.9. The van der Waals surface area contributed by atoms with E-state index in [0.29, 0.717) is 29.6 Å². The van der Waals surface area contributed by atoms with Crippen molar-refractivity contribution in [1.82, 2.24) is 0 Å². The van der Waals surface area contributed by atoms with Crippen LogP contribution in [-0.4, -0.2) is 47.8 Å². The zero-order chi connectivity index (χ0) is 16.5. The Hall–Kier alpha value is 0.817. The first kappa shape index (κ1) is 26.1. The van der Waals surface area contributed by atoms with Gasteiger partial charge in [0.05, 0.1) is 0 Å². The SMILES string of the molecule is CC(C)c1[c]c(C(C)C)c(C(C)C)c(C(C)C)c1C(C)C.[SnH4].[SnH4]. The molecule has 0 nitrogen and oxygen atoms in total. The van der Waals surface area contributed by atoms with E-state index in [4.69, 9.17) is 0 Å². The van der Waals surface area contributed by atoms with Crippen LogP contribution in [0.5, 0.6) is 0 Å². The second kappa shape index (κ2) is 10.7. The molecule has 1 radical (unpaired) electrons. The molecule has 0 aliphatic rings. The third-order valence-electron chi connectivity index (χ3n) is 4.32. The van der Waals surface area contributed by atoms with Crippen molar-refractivity contribution >= 4 is 47.8 Å². The third-order valence-corrected chi connectivity index (χ3v) is 4.32. The fourth-order valence-electron chi connectivity index (χ4n) is 3.49. The molecule has 0 bridgehead atoms. The quantitative estimate of drug-likeness (QED) is 0.499. The maximum absolute atomic E-state index is 3.84. The standard InChI is InChI=1S/C21H35.2Sn.8H/c1-12(2)17-11-18(13(3)4)20(15(7)8)21(16(9)10)19(17)14(5)6;;;;;;;;;;/h12-16H,1-10H3;;;;;;;;;;. The van der Waals surface area contributed by atoms with Gasteiger partial charge in [0.1, 0.15) is 0 Å². The molecule has 0 unspecified atom stereocenters. The average Bonchev–Trinajstić information content (AvgIpc) is 2.34. The van der Waals surface area contributed by atoms with Crippen molar-refractivity contribution in [2.24, 2.45) is 0 Å². The first-order valence-electron chi connectivity index (χ1n) is 8.72. The van der Waals surface area contributed by atoms with E-state index in [-0.39, 0.29) is 47.8 Å². The molecule has 1 aromatic rings. The fraction of sp³-hybridized carbons (Fsp3) is 0.714. The van der Waals surface area contributed by atoms with Crippen molar-refractivity contribution in [3.8, 4) is 0 Å². The van der Waals surface area contributed by atoms with Crippen LogP contribution in [0.2, 0.25) is 0 Å². The van der Waals surface area contributed by atoms with E-state index in [1.807, 2.05) is 0 Å². The van der Waals surface area contributed by atoms with E-state index in [0.717, 1.165) is 0 Å². The molecular weight excluding hydrogens is 490 g/mol. The molecule has 0 aliphatic carbocycles. The summed E-state index contributed by atoms with van der Waals surface area (Å²) in [5.41, 5.74) is 7.62. The van der Waals surface area contributed by atoms with E-state index in [1.54, 1.807) is 16.7 Å². The predicted molar refractivity (Wildman–Crippen MR) is 118 cm³/mol. The summed E-state index contributed by atoms with van der Waals surface area (Å²) in [6.45, 7) is 23.3. The number of hydrogen-bond acceptors (Lipinski definition) is 0. The predicted octanol–water partition coefficient (Wildman–Crippen LogP) is 4.20. The molecule has 0 amide bonds. The molecule has 2 heteroatoms. The molecule has 0 saturated carbocycles. The number of rotatable bonds is 5. The third kappa shape index (κ3) is 5.94. The first-order valence-corrected chi connectivity index (χ1v) is 8.72. The molecule has 23 heavy (non-hydrogen) atoms. The van der Waals surface area contributed by atoms with Crippen molar-refractivity contribution in [3.63, 3.8) is 0 Å². The minimum atomic E-state index is 0. The van der Waals surface area contributed by atoms with Gasteiger partial charge in [0.15, 0.2) is 0 Å². The Morgan fingerprint density at radius 1 is 0.435 bits per heavy atom. The summed E-state index contributed by atoms with van der Waals surface area (Å²) in [7, 11) is 0. The summed E-state index contributed by atoms with van der Waals surface area (Å²) in [6, 6.07) is 3.84. The van der Waals surface area contributed by atoms with Gasteiger partial charge in [0, 0.05) is 0 Å². The summed E-state index contributed by atoms with van der Waals surface area (Å²) >= 11 is 0. The Labute approximate surface area is 179 Å². The van der Waals surface area contributed by atoms with Crippen LogP contribution in [0.25, 0.3) is 0 Å². The number of hydrogen-bond donors (Lipinski definition) is 0. The molecular formula is C21H43Sn2. The summed E-state index contributed by atoms with van der Waals surface area (Å²) in [6.07, 6.45) is 0. The molecule has 0 N–H and O–H groups in total. The molecule has 135 valence electrons. The Balaban J connectivity index is 0. The van der Waals surface area contributed by atoms with Crippen LogP contribution in [0.15, 0.2) is 0 Å². The van der Waals surface area contributed by atoms with Crippen LogP contribution >= 0.6 is 0 Å². The van der Waals surface area contributed by atoms with Gasteiger partial charge in [0.2, 0.25) is 0 Å². The molecule has 0 heterocycles. The van der Waals surface area contributed by atoms with Gasteiger partial charge in [-0.25, -0.2) is 0 Å². The van der Waals surface area contributed by atoms with Gasteiger partial charge in [-0.3, -0.25) is 0 Å². The van der Waals surface area contributed by atoms with E-state index in [9.17, 15) is 0 Å². The monoisotopic (exact) mass is 535 g/mol. The van der Waals surface area contributed by atoms with Crippen LogP contribution in [0.1, 0.15) is 127 Å². The molecule has 0 spiro atoms. The van der Waals surface area contributed by atoms with E-state index in [2.05, 4.69) is 75.3 Å². The van der Waals surface area contributed by atoms with Gasteiger partial charge in [0.25, 0.3) is 0 Å². The van der Waals surface area contributed by atoms with Crippen LogP contribution in [0, 0.1) is 6.07 Å². The molecule has 0 saturated heterocycles. The van der Waals surface area contributed by atoms with E-state index < -0.39 is 0 Å². The van der Waals surface area contributed by atoms with Crippen LogP contribution in [-0.2, 0) is 0 Å². The maximum atomic E-state index is 3.84. The van der Waals surface area contributed by atoms with Crippen molar-refractivity contribution in [2.45, 2.75) is 98.8 Å². The Kier molecular flexibility index (Phi) is 12.2. The van der Waals surface area contributed by atoms with Crippen LogP contribution in [0.4, 0.5) is 0 Å². The molecule has 1 aromatic carbocycles. The first-order chi connectivity index (χ1) is 9.59. The van der Waals surface area contributed by atoms with Crippen LogP contribution in [0.3, 0.4) is 0 Å². The summed E-state index contributed by atoms with van der Waals surface area (Å²) in [5, 5.41) is 0. The molecule has 1 rings (SSSR count). The zero-order valence-corrected chi connectivity index (χ0v) is 15.9. The van der Waals surface area contributed by atoms with Gasteiger partial charge < -0.3 is 0 Å². The van der Waals surface area contributed by atoms with Crippen molar-refractivity contribution in [2.75, 3.05) is 0 Å². The molecule has 0 fully saturated rings. The molecule has 0 aromatic heterocycles. The van der Waals surface area contributed by atoms with Crippen molar-refractivity contribution in [3.05, 3.63) is 33.9 Å². The topological polar surface area (TPSA) is 0 Å². The normalized spacial score (nSPS) is 11.4. The van der Waals surface area contributed by atoms with Crippen molar-refractivity contribution < 1.29 is 0 Å². The Morgan fingerprint density at radius 3 is 0.870 bits per heavy atom. The second-order valence-corrected chi connectivity index (χ2v) is 7.97. The van der Waals surface area contributed by atoms with E-state index >= 15 is 0 Å². The van der Waals surface area contributed by atoms with Crippen molar-refractivity contribution in [1.29, 1.82) is 0 Å². The number of benzene rings is 1. The summed E-state index contributed by atoms with van der Waals surface area (Å²) in [5.74, 6) is 2.78. The summed E-state index contributed by atoms with van der Waals surface area (Å²) in [4.78, 5) is 0. The van der Waals surface area contributed by atoms with Crippen LogP contribution < -0.4 is 0 Å². The van der Waals surface area contributed by atoms with E-state index in [1.165, 1.54) is 11.1 Å². The van der Waals surface area contributed by atoms with Gasteiger partial charge in [-0.05, 0) is 63.5 Å². The van der Waals surface area contributed by atoms with Gasteiger partial charge in [-0.15, -0.1) is 0 Å². The fourth-order valence-corrected chi connectivity index (χ4v) is 3.49. The molecule has 0 atom stereocenters. The second-order valence-electron chi connectivity index (χ2n) is 7.97. The average molecular weight is 533 g/mol. The van der Waals surface area contributed by atoms with Gasteiger partial charge in [-0.1, -0.05) is 69.2 Å². The Morgan fingerprint density at radius 2 is 0.696 bits per heavy atom.